The quantitative estimate of drug-likeness (QED) is 0.484. The molecule has 0 aliphatic heterocycles. The normalized spacial score (nSPS) is 10.8. The zero-order valence-electron chi connectivity index (χ0n) is 11.9. The summed E-state index contributed by atoms with van der Waals surface area (Å²) < 4.78 is 15.8. The Morgan fingerprint density at radius 3 is 2.90 bits per heavy atom. The van der Waals surface area contributed by atoms with Crippen molar-refractivity contribution in [2.24, 2.45) is 0 Å². The Labute approximate surface area is 122 Å². The van der Waals surface area contributed by atoms with E-state index < -0.39 is 16.4 Å². The number of benzene rings is 1. The van der Waals surface area contributed by atoms with Gasteiger partial charge in [-0.2, -0.15) is 4.39 Å². The van der Waals surface area contributed by atoms with Gasteiger partial charge in [0.15, 0.2) is 0 Å². The smallest absolute Gasteiger partial charge is 0.305 e. The van der Waals surface area contributed by atoms with Gasteiger partial charge in [0.05, 0.1) is 11.5 Å². The van der Waals surface area contributed by atoms with Gasteiger partial charge in [-0.1, -0.05) is 19.1 Å². The highest BCUT2D eigenvalue weighted by Gasteiger charge is 2.17. The highest BCUT2D eigenvalue weighted by Crippen LogP contribution is 2.21. The third kappa shape index (κ3) is 3.88. The van der Waals surface area contributed by atoms with Gasteiger partial charge in [-0.05, 0) is 24.6 Å². The molecule has 0 saturated heterocycles. The number of aromatic nitrogens is 1. The van der Waals surface area contributed by atoms with Crippen molar-refractivity contribution in [3.8, 4) is 0 Å². The standard InChI is InChI=1S/C15H18FN3O2/c1-2-7-17-9-12-6-8-18(10-12)11-13-4-3-5-14(15(13)16)19(20)21/h3-6,8,10,17H,2,7,9,11H2,1H3. The summed E-state index contributed by atoms with van der Waals surface area (Å²) in [5, 5.41) is 14.0. The number of hydrogen-bond donors (Lipinski definition) is 1. The van der Waals surface area contributed by atoms with Crippen molar-refractivity contribution in [3.63, 3.8) is 0 Å². The third-order valence-corrected chi connectivity index (χ3v) is 3.18. The van der Waals surface area contributed by atoms with Crippen LogP contribution in [-0.2, 0) is 13.1 Å². The second-order valence-corrected chi connectivity index (χ2v) is 4.88. The lowest BCUT2D eigenvalue weighted by atomic mass is 10.2. The van der Waals surface area contributed by atoms with E-state index in [9.17, 15) is 14.5 Å². The first-order valence-electron chi connectivity index (χ1n) is 6.89. The fourth-order valence-corrected chi connectivity index (χ4v) is 2.13. The van der Waals surface area contributed by atoms with Crippen LogP contribution in [-0.4, -0.2) is 16.0 Å². The van der Waals surface area contributed by atoms with E-state index in [1.165, 1.54) is 12.1 Å². The van der Waals surface area contributed by atoms with E-state index in [0.717, 1.165) is 25.1 Å². The van der Waals surface area contributed by atoms with E-state index in [1.807, 2.05) is 23.0 Å². The van der Waals surface area contributed by atoms with Crippen LogP contribution >= 0.6 is 0 Å². The van der Waals surface area contributed by atoms with Gasteiger partial charge >= 0.3 is 5.69 Å². The molecule has 2 rings (SSSR count). The second kappa shape index (κ2) is 6.99. The lowest BCUT2D eigenvalue weighted by Crippen LogP contribution is -2.13. The monoisotopic (exact) mass is 291 g/mol. The molecular weight excluding hydrogens is 273 g/mol. The molecular formula is C15H18FN3O2. The van der Waals surface area contributed by atoms with E-state index in [2.05, 4.69) is 12.2 Å². The molecule has 2 aromatic rings. The van der Waals surface area contributed by atoms with Crippen LogP contribution in [0, 0.1) is 15.9 Å². The van der Waals surface area contributed by atoms with Gasteiger partial charge in [0.25, 0.3) is 0 Å². The molecule has 0 bridgehead atoms. The molecule has 1 heterocycles. The maximum atomic E-state index is 14.0. The molecule has 0 aliphatic carbocycles. The first-order chi connectivity index (χ1) is 10.1. The molecule has 0 radical (unpaired) electrons. The van der Waals surface area contributed by atoms with Crippen LogP contribution in [0.1, 0.15) is 24.5 Å². The first kappa shape index (κ1) is 15.2. The molecule has 112 valence electrons. The highest BCUT2D eigenvalue weighted by atomic mass is 19.1. The van der Waals surface area contributed by atoms with Gasteiger partial charge in [0.1, 0.15) is 0 Å². The number of nitro benzene ring substituents is 1. The van der Waals surface area contributed by atoms with Crippen molar-refractivity contribution in [2.75, 3.05) is 6.54 Å². The molecule has 0 aliphatic rings. The molecule has 21 heavy (non-hydrogen) atoms. The minimum atomic E-state index is -0.762. The van der Waals surface area contributed by atoms with E-state index in [1.54, 1.807) is 6.07 Å². The largest absolute Gasteiger partial charge is 0.349 e. The summed E-state index contributed by atoms with van der Waals surface area (Å²) in [6.45, 7) is 4.09. The van der Waals surface area contributed by atoms with Gasteiger partial charge in [0.2, 0.25) is 5.82 Å². The zero-order chi connectivity index (χ0) is 15.2. The molecule has 0 amide bonds. The Hall–Kier alpha value is -2.21. The van der Waals surface area contributed by atoms with E-state index in [0.29, 0.717) is 5.56 Å². The molecule has 0 unspecified atom stereocenters. The van der Waals surface area contributed by atoms with Crippen molar-refractivity contribution in [3.05, 3.63) is 63.7 Å². The minimum absolute atomic E-state index is 0.279. The van der Waals surface area contributed by atoms with Crippen LogP contribution < -0.4 is 5.32 Å². The Balaban J connectivity index is 2.08. The number of nitrogens with one attached hydrogen (secondary N) is 1. The predicted octanol–water partition coefficient (Wildman–Crippen LogP) is 3.08. The van der Waals surface area contributed by atoms with Crippen LogP contribution in [0.2, 0.25) is 0 Å². The van der Waals surface area contributed by atoms with E-state index >= 15 is 0 Å². The van der Waals surface area contributed by atoms with Crippen molar-refractivity contribution >= 4 is 5.69 Å². The molecule has 1 aromatic heterocycles. The Morgan fingerprint density at radius 1 is 1.38 bits per heavy atom. The number of hydrogen-bond acceptors (Lipinski definition) is 3. The van der Waals surface area contributed by atoms with Crippen molar-refractivity contribution in [1.82, 2.24) is 9.88 Å². The highest BCUT2D eigenvalue weighted by molar-refractivity contribution is 5.37. The molecule has 0 fully saturated rings. The number of nitro groups is 1. The zero-order valence-corrected chi connectivity index (χ0v) is 11.9. The van der Waals surface area contributed by atoms with Gasteiger partial charge in [-0.25, -0.2) is 0 Å². The average molecular weight is 291 g/mol. The van der Waals surface area contributed by atoms with Crippen LogP contribution in [0.15, 0.2) is 36.7 Å². The Morgan fingerprint density at radius 2 is 2.19 bits per heavy atom. The van der Waals surface area contributed by atoms with E-state index in [4.69, 9.17) is 0 Å². The Kier molecular flexibility index (Phi) is 5.05. The molecule has 0 saturated carbocycles. The number of rotatable bonds is 7. The van der Waals surface area contributed by atoms with Crippen molar-refractivity contribution in [1.29, 1.82) is 0 Å². The van der Waals surface area contributed by atoms with Gasteiger partial charge in [-0.3, -0.25) is 10.1 Å². The van der Waals surface area contributed by atoms with Crippen LogP contribution in [0.3, 0.4) is 0 Å². The minimum Gasteiger partial charge on any atom is -0.349 e. The molecule has 1 N–H and O–H groups in total. The summed E-state index contributed by atoms with van der Waals surface area (Å²) in [4.78, 5) is 10.0. The lowest BCUT2D eigenvalue weighted by Gasteiger charge is -2.05. The van der Waals surface area contributed by atoms with Crippen molar-refractivity contribution in [2.45, 2.75) is 26.4 Å². The summed E-state index contributed by atoms with van der Waals surface area (Å²) in [5.41, 5.74) is 0.937. The summed E-state index contributed by atoms with van der Waals surface area (Å²) >= 11 is 0. The fourth-order valence-electron chi connectivity index (χ4n) is 2.13. The van der Waals surface area contributed by atoms with Crippen LogP contribution in [0.5, 0.6) is 0 Å². The summed E-state index contributed by atoms with van der Waals surface area (Å²) in [5.74, 6) is -0.762. The maximum Gasteiger partial charge on any atom is 0.305 e. The predicted molar refractivity (Wildman–Crippen MR) is 78.6 cm³/mol. The van der Waals surface area contributed by atoms with Crippen LogP contribution in [0.25, 0.3) is 0 Å². The summed E-state index contributed by atoms with van der Waals surface area (Å²) in [7, 11) is 0. The third-order valence-electron chi connectivity index (χ3n) is 3.18. The first-order valence-corrected chi connectivity index (χ1v) is 6.89. The summed E-state index contributed by atoms with van der Waals surface area (Å²) in [6.07, 6.45) is 4.84. The average Bonchev–Trinajstić information content (AvgIpc) is 2.89. The second-order valence-electron chi connectivity index (χ2n) is 4.88. The molecule has 5 nitrogen and oxygen atoms in total. The fraction of sp³-hybridized carbons (Fsp3) is 0.333. The lowest BCUT2D eigenvalue weighted by molar-refractivity contribution is -0.387. The Bertz CT molecular complexity index is 625. The molecule has 0 spiro atoms. The van der Waals surface area contributed by atoms with E-state index in [-0.39, 0.29) is 6.54 Å². The number of halogens is 1. The maximum absolute atomic E-state index is 14.0. The molecule has 6 heteroatoms. The molecule has 1 aromatic carbocycles. The van der Waals surface area contributed by atoms with Gasteiger partial charge in [-0.15, -0.1) is 0 Å². The van der Waals surface area contributed by atoms with Crippen LogP contribution in [0.4, 0.5) is 10.1 Å². The topological polar surface area (TPSA) is 60.1 Å². The van der Waals surface area contributed by atoms with Gasteiger partial charge < -0.3 is 9.88 Å². The molecule has 0 atom stereocenters. The van der Waals surface area contributed by atoms with Crippen molar-refractivity contribution < 1.29 is 9.31 Å². The number of nitrogens with zero attached hydrogens (tertiary/aromatic N) is 2. The summed E-state index contributed by atoms with van der Waals surface area (Å²) in [6, 6.07) is 6.20. The van der Waals surface area contributed by atoms with Gasteiger partial charge in [0, 0.05) is 30.6 Å². The SMILES string of the molecule is CCCNCc1ccn(Cc2cccc([N+](=O)[O-])c2F)c1.